The molecule has 0 aliphatic heterocycles. The Balaban J connectivity index is 2.66. The molecular formula is C15H16Cl2IN3. The SMILES string of the molecule is CCNc1nc(-c2cccc(Cl)c2Cl)nc(C(C)C)c1I. The Morgan fingerprint density at radius 2 is 1.95 bits per heavy atom. The standard InChI is InChI=1S/C15H16Cl2IN3/c1-4-19-15-12(18)13(8(2)3)20-14(21-15)9-6-5-7-10(16)11(9)17/h5-8H,4H2,1-3H3,(H,19,20,21). The Labute approximate surface area is 148 Å². The van der Waals surface area contributed by atoms with Gasteiger partial charge in [-0.3, -0.25) is 0 Å². The van der Waals surface area contributed by atoms with Crippen molar-refractivity contribution >= 4 is 51.6 Å². The van der Waals surface area contributed by atoms with Gasteiger partial charge in [0.1, 0.15) is 5.82 Å². The minimum absolute atomic E-state index is 0.300. The topological polar surface area (TPSA) is 37.8 Å². The maximum Gasteiger partial charge on any atom is 0.163 e. The molecule has 0 saturated carbocycles. The third-order valence-corrected chi connectivity index (χ3v) is 4.84. The summed E-state index contributed by atoms with van der Waals surface area (Å²) in [5, 5.41) is 4.27. The normalized spacial score (nSPS) is 11.0. The van der Waals surface area contributed by atoms with Crippen LogP contribution in [0.25, 0.3) is 11.4 Å². The molecule has 0 atom stereocenters. The van der Waals surface area contributed by atoms with Crippen LogP contribution in [0, 0.1) is 3.57 Å². The second-order valence-corrected chi connectivity index (χ2v) is 6.75. The van der Waals surface area contributed by atoms with Crippen LogP contribution in [0.2, 0.25) is 10.0 Å². The Kier molecular flexibility index (Phi) is 5.68. The van der Waals surface area contributed by atoms with Crippen LogP contribution in [0.4, 0.5) is 5.82 Å². The zero-order valence-corrected chi connectivity index (χ0v) is 15.7. The maximum atomic E-state index is 6.29. The van der Waals surface area contributed by atoms with E-state index in [4.69, 9.17) is 23.2 Å². The fraction of sp³-hybridized carbons (Fsp3) is 0.333. The van der Waals surface area contributed by atoms with Crippen molar-refractivity contribution in [2.75, 3.05) is 11.9 Å². The van der Waals surface area contributed by atoms with Crippen LogP contribution in [-0.2, 0) is 0 Å². The van der Waals surface area contributed by atoms with Crippen LogP contribution < -0.4 is 5.32 Å². The van der Waals surface area contributed by atoms with Crippen molar-refractivity contribution in [2.24, 2.45) is 0 Å². The van der Waals surface area contributed by atoms with E-state index in [9.17, 15) is 0 Å². The van der Waals surface area contributed by atoms with Gasteiger partial charge in [-0.1, -0.05) is 43.1 Å². The first-order valence-corrected chi connectivity index (χ1v) is 8.54. The van der Waals surface area contributed by atoms with Crippen LogP contribution in [0.5, 0.6) is 0 Å². The molecule has 2 rings (SSSR count). The predicted octanol–water partition coefficient (Wildman–Crippen LogP) is 5.61. The maximum absolute atomic E-state index is 6.29. The van der Waals surface area contributed by atoms with Crippen LogP contribution in [0.3, 0.4) is 0 Å². The predicted molar refractivity (Wildman–Crippen MR) is 98.5 cm³/mol. The average molecular weight is 436 g/mol. The smallest absolute Gasteiger partial charge is 0.163 e. The fourth-order valence-corrected chi connectivity index (χ4v) is 3.37. The molecule has 0 amide bonds. The average Bonchev–Trinajstić information content (AvgIpc) is 2.44. The summed E-state index contributed by atoms with van der Waals surface area (Å²) in [5.74, 6) is 1.74. The highest BCUT2D eigenvalue weighted by atomic mass is 127. The lowest BCUT2D eigenvalue weighted by molar-refractivity contribution is 0.808. The minimum Gasteiger partial charge on any atom is -0.369 e. The van der Waals surface area contributed by atoms with E-state index in [0.717, 1.165) is 27.2 Å². The molecule has 1 aromatic carbocycles. The van der Waals surface area contributed by atoms with Gasteiger partial charge >= 0.3 is 0 Å². The van der Waals surface area contributed by atoms with Crippen LogP contribution in [0.1, 0.15) is 32.4 Å². The third kappa shape index (κ3) is 3.60. The Bertz CT molecular complexity index is 660. The van der Waals surface area contributed by atoms with Gasteiger partial charge in [-0.15, -0.1) is 0 Å². The number of anilines is 1. The lowest BCUT2D eigenvalue weighted by atomic mass is 10.1. The van der Waals surface area contributed by atoms with Gasteiger partial charge in [-0.05, 0) is 47.6 Å². The summed E-state index contributed by atoms with van der Waals surface area (Å²) in [7, 11) is 0. The molecule has 0 radical (unpaired) electrons. The molecule has 1 aromatic heterocycles. The number of nitrogens with zero attached hydrogens (tertiary/aromatic N) is 2. The molecule has 0 fully saturated rings. The van der Waals surface area contributed by atoms with Gasteiger partial charge in [0.05, 0.1) is 19.3 Å². The van der Waals surface area contributed by atoms with Crippen molar-refractivity contribution in [2.45, 2.75) is 26.7 Å². The first kappa shape index (κ1) is 16.8. The van der Waals surface area contributed by atoms with E-state index in [1.807, 2.05) is 19.1 Å². The van der Waals surface area contributed by atoms with Crippen LogP contribution in [-0.4, -0.2) is 16.5 Å². The number of benzene rings is 1. The van der Waals surface area contributed by atoms with E-state index in [1.54, 1.807) is 6.07 Å². The largest absolute Gasteiger partial charge is 0.369 e. The molecule has 0 unspecified atom stereocenters. The number of hydrogen-bond acceptors (Lipinski definition) is 3. The summed E-state index contributed by atoms with van der Waals surface area (Å²) < 4.78 is 1.05. The van der Waals surface area contributed by atoms with Crippen molar-refractivity contribution < 1.29 is 0 Å². The fourth-order valence-electron chi connectivity index (χ4n) is 1.93. The van der Waals surface area contributed by atoms with E-state index in [2.05, 4.69) is 51.7 Å². The molecule has 0 spiro atoms. The van der Waals surface area contributed by atoms with Crippen molar-refractivity contribution in [1.29, 1.82) is 0 Å². The molecule has 112 valence electrons. The van der Waals surface area contributed by atoms with Crippen molar-refractivity contribution in [3.63, 3.8) is 0 Å². The van der Waals surface area contributed by atoms with Gasteiger partial charge in [0, 0.05) is 12.1 Å². The van der Waals surface area contributed by atoms with Gasteiger partial charge in [-0.2, -0.15) is 0 Å². The third-order valence-electron chi connectivity index (χ3n) is 2.96. The molecule has 2 aromatic rings. The lowest BCUT2D eigenvalue weighted by Crippen LogP contribution is -2.09. The highest BCUT2D eigenvalue weighted by Gasteiger charge is 2.17. The van der Waals surface area contributed by atoms with Gasteiger partial charge < -0.3 is 5.32 Å². The van der Waals surface area contributed by atoms with Crippen LogP contribution >= 0.6 is 45.8 Å². The van der Waals surface area contributed by atoms with Crippen molar-refractivity contribution in [3.8, 4) is 11.4 Å². The summed E-state index contributed by atoms with van der Waals surface area (Å²) in [6.45, 7) is 7.07. The summed E-state index contributed by atoms with van der Waals surface area (Å²) in [4.78, 5) is 9.29. The molecule has 0 bridgehead atoms. The number of aromatic nitrogens is 2. The lowest BCUT2D eigenvalue weighted by Gasteiger charge is -2.15. The second-order valence-electron chi connectivity index (χ2n) is 4.88. The quantitative estimate of drug-likeness (QED) is 0.634. The molecule has 0 aliphatic rings. The first-order chi connectivity index (χ1) is 9.95. The van der Waals surface area contributed by atoms with E-state index in [1.165, 1.54) is 0 Å². The van der Waals surface area contributed by atoms with E-state index in [0.29, 0.717) is 21.8 Å². The minimum atomic E-state index is 0.300. The zero-order valence-electron chi connectivity index (χ0n) is 12.0. The molecular weight excluding hydrogens is 420 g/mol. The summed E-state index contributed by atoms with van der Waals surface area (Å²) in [6, 6.07) is 5.50. The van der Waals surface area contributed by atoms with Crippen molar-refractivity contribution in [1.82, 2.24) is 9.97 Å². The molecule has 0 saturated heterocycles. The molecule has 3 nitrogen and oxygen atoms in total. The highest BCUT2D eigenvalue weighted by molar-refractivity contribution is 14.1. The van der Waals surface area contributed by atoms with Crippen molar-refractivity contribution in [3.05, 3.63) is 37.5 Å². The van der Waals surface area contributed by atoms with E-state index < -0.39 is 0 Å². The Morgan fingerprint density at radius 1 is 1.24 bits per heavy atom. The van der Waals surface area contributed by atoms with E-state index in [-0.39, 0.29) is 0 Å². The summed E-state index contributed by atoms with van der Waals surface area (Å²) in [6.07, 6.45) is 0. The van der Waals surface area contributed by atoms with Gasteiger partial charge in [0.25, 0.3) is 0 Å². The van der Waals surface area contributed by atoms with Gasteiger partial charge in [0.2, 0.25) is 0 Å². The number of rotatable bonds is 4. The summed E-state index contributed by atoms with van der Waals surface area (Å²) >= 11 is 14.7. The Morgan fingerprint density at radius 3 is 2.57 bits per heavy atom. The molecule has 1 N–H and O–H groups in total. The number of halogens is 3. The highest BCUT2D eigenvalue weighted by Crippen LogP contribution is 2.34. The summed E-state index contributed by atoms with van der Waals surface area (Å²) in [5.41, 5.74) is 1.76. The van der Waals surface area contributed by atoms with Crippen LogP contribution in [0.15, 0.2) is 18.2 Å². The molecule has 1 heterocycles. The number of nitrogens with one attached hydrogen (secondary N) is 1. The number of hydrogen-bond donors (Lipinski definition) is 1. The molecule has 0 aliphatic carbocycles. The second kappa shape index (κ2) is 7.11. The van der Waals surface area contributed by atoms with Gasteiger partial charge in [-0.25, -0.2) is 9.97 Å². The zero-order chi connectivity index (χ0) is 15.6. The molecule has 21 heavy (non-hydrogen) atoms. The van der Waals surface area contributed by atoms with E-state index >= 15 is 0 Å². The molecule has 6 heteroatoms. The first-order valence-electron chi connectivity index (χ1n) is 6.71. The van der Waals surface area contributed by atoms with Gasteiger partial charge in [0.15, 0.2) is 5.82 Å². The Hall–Kier alpha value is -0.590. The monoisotopic (exact) mass is 435 g/mol.